The number of thiazole rings is 1. The Kier molecular flexibility index (Phi) is 3.67. The topological polar surface area (TPSA) is 110 Å². The van der Waals surface area contributed by atoms with Gasteiger partial charge in [-0.1, -0.05) is 11.3 Å². The highest BCUT2D eigenvalue weighted by Crippen LogP contribution is 2.43. The molecule has 1 amide bonds. The molecule has 0 saturated carbocycles. The Hall–Kier alpha value is -2.23. The van der Waals surface area contributed by atoms with Gasteiger partial charge in [0.2, 0.25) is 17.1 Å². The highest BCUT2D eigenvalue weighted by atomic mass is 32.1. The van der Waals surface area contributed by atoms with E-state index in [1.165, 1.54) is 16.2 Å². The van der Waals surface area contributed by atoms with Crippen LogP contribution in [0.5, 0.6) is 0 Å². The zero-order valence-corrected chi connectivity index (χ0v) is 14.3. The number of carbonyl (C=O) groups excluding carboxylic acids is 2. The molecular weight excluding hydrogens is 346 g/mol. The molecule has 0 radical (unpaired) electrons. The zero-order valence-electron chi connectivity index (χ0n) is 13.5. The first-order chi connectivity index (χ1) is 11.9. The molecule has 4 heterocycles. The molecular formula is C16H17N3O5S. The molecule has 2 aromatic rings. The fraction of sp³-hybridized carbons (Fsp3) is 0.438. The van der Waals surface area contributed by atoms with E-state index >= 15 is 0 Å². The number of aliphatic carboxylic acids is 1. The van der Waals surface area contributed by atoms with E-state index in [0.29, 0.717) is 18.5 Å². The van der Waals surface area contributed by atoms with Crippen LogP contribution < -0.4 is 9.51 Å². The number of hydrogen-bond donors (Lipinski definition) is 2. The van der Waals surface area contributed by atoms with Gasteiger partial charge in [0, 0.05) is 5.38 Å². The Morgan fingerprint density at radius 1 is 1.56 bits per heavy atom. The van der Waals surface area contributed by atoms with Gasteiger partial charge in [0.25, 0.3) is 0 Å². The minimum Gasteiger partial charge on any atom is -0.543 e. The average Bonchev–Trinajstić information content (AvgIpc) is 3.18. The first kappa shape index (κ1) is 16.2. The Balaban J connectivity index is 1.65. The van der Waals surface area contributed by atoms with E-state index in [-0.39, 0.29) is 24.3 Å². The number of imidazole rings is 1. The molecule has 1 saturated heterocycles. The van der Waals surface area contributed by atoms with E-state index in [0.717, 1.165) is 10.5 Å². The molecule has 3 atom stereocenters. The largest absolute Gasteiger partial charge is 0.543 e. The maximum atomic E-state index is 12.2. The lowest BCUT2D eigenvalue weighted by Gasteiger charge is -2.45. The fourth-order valence-corrected chi connectivity index (χ4v) is 4.76. The summed E-state index contributed by atoms with van der Waals surface area (Å²) < 4.78 is 3.68. The second-order valence-corrected chi connectivity index (χ2v) is 7.39. The smallest absolute Gasteiger partial charge is 0.250 e. The molecule has 0 spiro atoms. The predicted molar refractivity (Wildman–Crippen MR) is 83.8 cm³/mol. The van der Waals surface area contributed by atoms with Crippen LogP contribution in [0.15, 0.2) is 29.2 Å². The van der Waals surface area contributed by atoms with Crippen molar-refractivity contribution in [1.82, 2.24) is 9.47 Å². The molecule has 0 bridgehead atoms. The molecule has 8 nitrogen and oxygen atoms in total. The minimum absolute atomic E-state index is 0.0728. The number of aliphatic hydroxyl groups is 2. The molecule has 2 aromatic heterocycles. The number of β-lactam (4-membered cyclic amide) rings is 1. The van der Waals surface area contributed by atoms with Gasteiger partial charge in [0.05, 0.1) is 29.7 Å². The summed E-state index contributed by atoms with van der Waals surface area (Å²) in [6.45, 7) is 1.78. The van der Waals surface area contributed by atoms with Gasteiger partial charge in [0.15, 0.2) is 0 Å². The van der Waals surface area contributed by atoms with Crippen LogP contribution in [0, 0.1) is 5.92 Å². The number of carboxylic acid groups (broad SMARTS) is 1. The molecule has 1 fully saturated rings. The molecule has 132 valence electrons. The highest BCUT2D eigenvalue weighted by Gasteiger charge is 2.55. The Morgan fingerprint density at radius 3 is 2.96 bits per heavy atom. The molecule has 2 N–H and O–H groups in total. The third kappa shape index (κ3) is 2.30. The van der Waals surface area contributed by atoms with Crippen molar-refractivity contribution in [2.75, 3.05) is 0 Å². The van der Waals surface area contributed by atoms with Gasteiger partial charge in [-0.05, 0) is 18.9 Å². The van der Waals surface area contributed by atoms with Crippen molar-refractivity contribution in [2.45, 2.75) is 38.6 Å². The lowest BCUT2D eigenvalue weighted by Crippen LogP contribution is -2.62. The van der Waals surface area contributed by atoms with Gasteiger partial charge in [-0.15, -0.1) is 0 Å². The lowest BCUT2D eigenvalue weighted by atomic mass is 9.83. The Labute approximate surface area is 146 Å². The summed E-state index contributed by atoms with van der Waals surface area (Å²) in [4.78, 5) is 25.9. The van der Waals surface area contributed by atoms with Crippen molar-refractivity contribution >= 4 is 28.0 Å². The van der Waals surface area contributed by atoms with Crippen LogP contribution in [0.2, 0.25) is 0 Å². The van der Waals surface area contributed by atoms with Crippen LogP contribution in [0.25, 0.3) is 4.83 Å². The van der Waals surface area contributed by atoms with Crippen molar-refractivity contribution < 1.29 is 29.3 Å². The van der Waals surface area contributed by atoms with E-state index in [1.54, 1.807) is 13.3 Å². The standard InChI is InChI=1S/C16H17N3O5S/c1-8(21)13-11-2-9(14(16(23)24)19(11)15(13)22)3-17-4-12-18(7-17)10(5-20)6-25-12/h4,6-8,11,13,20-21H,2-3,5H2,1H3/t8-,11-,13-/m1/s1. The van der Waals surface area contributed by atoms with Crippen LogP contribution in [0.3, 0.4) is 0 Å². The summed E-state index contributed by atoms with van der Waals surface area (Å²) in [7, 11) is 0. The molecule has 0 aromatic carbocycles. The monoisotopic (exact) mass is 363 g/mol. The van der Waals surface area contributed by atoms with Gasteiger partial charge in [-0.25, -0.2) is 4.57 Å². The molecule has 2 aliphatic heterocycles. The summed E-state index contributed by atoms with van der Waals surface area (Å²) >= 11 is 1.48. The molecule has 9 heteroatoms. The van der Waals surface area contributed by atoms with E-state index in [4.69, 9.17) is 0 Å². The van der Waals surface area contributed by atoms with Gasteiger partial charge >= 0.3 is 0 Å². The number of rotatable bonds is 5. The van der Waals surface area contributed by atoms with E-state index in [1.807, 2.05) is 20.5 Å². The van der Waals surface area contributed by atoms with Crippen LogP contribution in [-0.4, -0.2) is 43.7 Å². The van der Waals surface area contributed by atoms with Crippen LogP contribution in [0.4, 0.5) is 0 Å². The number of aliphatic hydroxyl groups excluding tert-OH is 2. The number of carbonyl (C=O) groups is 2. The number of carboxylic acids is 1. The summed E-state index contributed by atoms with van der Waals surface area (Å²) in [5.74, 6) is -2.29. The van der Waals surface area contributed by atoms with Crippen molar-refractivity contribution in [3.63, 3.8) is 0 Å². The lowest BCUT2D eigenvalue weighted by molar-refractivity contribution is -0.520. The number of fused-ring (bicyclic) bond motifs is 2. The van der Waals surface area contributed by atoms with E-state index in [2.05, 4.69) is 0 Å². The SMILES string of the molecule is C[C@@H](O)[C@H]1C(=O)N2C(C(=O)[O-])=C(Cn3cc4scc(CO)[n+]4c3)C[C@H]12. The summed E-state index contributed by atoms with van der Waals surface area (Å²) in [6.07, 6.45) is 3.26. The number of nitrogens with zero attached hydrogens (tertiary/aromatic N) is 3. The second kappa shape index (κ2) is 5.65. The zero-order chi connectivity index (χ0) is 17.9. The molecule has 0 unspecified atom stereocenters. The number of aromatic nitrogens is 2. The second-order valence-electron chi connectivity index (χ2n) is 6.50. The highest BCUT2D eigenvalue weighted by molar-refractivity contribution is 7.15. The maximum Gasteiger partial charge on any atom is 0.250 e. The van der Waals surface area contributed by atoms with Crippen LogP contribution >= 0.6 is 11.3 Å². The number of hydrogen-bond acceptors (Lipinski definition) is 6. The molecule has 0 aliphatic carbocycles. The van der Waals surface area contributed by atoms with Crippen LogP contribution in [0.1, 0.15) is 19.0 Å². The number of amides is 1. The van der Waals surface area contributed by atoms with Crippen LogP contribution in [-0.2, 0) is 22.7 Å². The molecule has 25 heavy (non-hydrogen) atoms. The van der Waals surface area contributed by atoms with E-state index < -0.39 is 18.0 Å². The first-order valence-electron chi connectivity index (χ1n) is 7.95. The van der Waals surface area contributed by atoms with E-state index in [9.17, 15) is 24.9 Å². The van der Waals surface area contributed by atoms with Crippen molar-refractivity contribution in [1.29, 1.82) is 0 Å². The first-order valence-corrected chi connectivity index (χ1v) is 8.83. The van der Waals surface area contributed by atoms with Gasteiger partial charge in [0.1, 0.15) is 25.0 Å². The Bertz CT molecular complexity index is 912. The summed E-state index contributed by atoms with van der Waals surface area (Å²) in [6, 6.07) is -0.312. The van der Waals surface area contributed by atoms with Crippen molar-refractivity contribution in [3.05, 3.63) is 34.9 Å². The van der Waals surface area contributed by atoms with Gasteiger partial charge in [-0.2, -0.15) is 4.40 Å². The van der Waals surface area contributed by atoms with Crippen molar-refractivity contribution in [3.8, 4) is 0 Å². The van der Waals surface area contributed by atoms with Gasteiger partial charge in [-0.3, -0.25) is 4.79 Å². The quantitative estimate of drug-likeness (QED) is 0.491. The normalized spacial score (nSPS) is 24.0. The summed E-state index contributed by atoms with van der Waals surface area (Å²) in [5.41, 5.74) is 1.29. The van der Waals surface area contributed by atoms with Gasteiger partial charge < -0.3 is 25.0 Å². The molecule has 2 aliphatic rings. The Morgan fingerprint density at radius 2 is 2.32 bits per heavy atom. The minimum atomic E-state index is -1.37. The predicted octanol–water partition coefficient (Wildman–Crippen LogP) is -1.60. The summed E-state index contributed by atoms with van der Waals surface area (Å²) in [5, 5.41) is 32.5. The third-order valence-corrected chi connectivity index (χ3v) is 5.88. The third-order valence-electron chi connectivity index (χ3n) is 4.95. The average molecular weight is 363 g/mol. The molecule has 4 rings (SSSR count). The fourth-order valence-electron chi connectivity index (χ4n) is 3.84. The maximum absolute atomic E-state index is 12.2. The van der Waals surface area contributed by atoms with Crippen molar-refractivity contribution in [2.24, 2.45) is 5.92 Å².